The third-order valence-corrected chi connectivity index (χ3v) is 7.28. The molecule has 2 aromatic rings. The van der Waals surface area contributed by atoms with Crippen LogP contribution in [-0.2, 0) is 20.2 Å². The normalized spacial score (nSPS) is 16.5. The van der Waals surface area contributed by atoms with E-state index in [2.05, 4.69) is 10.0 Å². The van der Waals surface area contributed by atoms with E-state index in [4.69, 9.17) is 0 Å². The van der Waals surface area contributed by atoms with E-state index < -0.39 is 21.7 Å². The maximum Gasteiger partial charge on any atom is 0.240 e. The number of anilines is 1. The van der Waals surface area contributed by atoms with Crippen LogP contribution >= 0.6 is 11.3 Å². The number of hydrogen-bond acceptors (Lipinski definition) is 4. The predicted octanol–water partition coefficient (Wildman–Crippen LogP) is 3.64. The average Bonchev–Trinajstić information content (AvgIpc) is 3.26. The Bertz CT molecular complexity index is 889. The summed E-state index contributed by atoms with van der Waals surface area (Å²) in [5, 5.41) is 4.33. The van der Waals surface area contributed by atoms with Gasteiger partial charge in [-0.2, -0.15) is 0 Å². The van der Waals surface area contributed by atoms with Crippen molar-refractivity contribution in [2.45, 2.75) is 42.9 Å². The van der Waals surface area contributed by atoms with Crippen molar-refractivity contribution >= 4 is 33.0 Å². The molecule has 0 aliphatic heterocycles. The molecule has 2 N–H and O–H groups in total. The van der Waals surface area contributed by atoms with Crippen molar-refractivity contribution in [3.8, 4) is 0 Å². The summed E-state index contributed by atoms with van der Waals surface area (Å²) in [6, 6.07) is 7.51. The van der Waals surface area contributed by atoms with Crippen LogP contribution in [-0.4, -0.2) is 20.9 Å². The van der Waals surface area contributed by atoms with Gasteiger partial charge in [-0.05, 0) is 42.5 Å². The zero-order valence-corrected chi connectivity index (χ0v) is 16.1. The Balaban J connectivity index is 1.78. The van der Waals surface area contributed by atoms with Crippen LogP contribution in [0.3, 0.4) is 0 Å². The molecule has 5 nitrogen and oxygen atoms in total. The summed E-state index contributed by atoms with van der Waals surface area (Å²) < 4.78 is 42.0. The first-order valence-electron chi connectivity index (χ1n) is 8.43. The minimum Gasteiger partial charge on any atom is -0.324 e. The summed E-state index contributed by atoms with van der Waals surface area (Å²) in [6.07, 6.45) is 4.01. The third kappa shape index (κ3) is 3.97. The van der Waals surface area contributed by atoms with Crippen LogP contribution in [0.25, 0.3) is 0 Å². The van der Waals surface area contributed by atoms with E-state index in [1.165, 1.54) is 23.9 Å². The van der Waals surface area contributed by atoms with Crippen LogP contribution in [0.15, 0.2) is 40.6 Å². The van der Waals surface area contributed by atoms with Crippen LogP contribution < -0.4 is 10.0 Å². The first-order valence-corrected chi connectivity index (χ1v) is 10.8. The lowest BCUT2D eigenvalue weighted by molar-refractivity contribution is -0.114. The van der Waals surface area contributed by atoms with E-state index in [1.54, 1.807) is 11.3 Å². The molecule has 0 bridgehead atoms. The second-order valence-electron chi connectivity index (χ2n) is 6.61. The average molecular weight is 397 g/mol. The molecule has 0 unspecified atom stereocenters. The number of carbonyl (C=O) groups excluding carboxylic acids is 1. The van der Waals surface area contributed by atoms with Crippen molar-refractivity contribution in [3.63, 3.8) is 0 Å². The molecule has 0 radical (unpaired) electrons. The lowest BCUT2D eigenvalue weighted by atomic mass is 9.85. The van der Waals surface area contributed by atoms with Gasteiger partial charge in [0.25, 0.3) is 0 Å². The quantitative estimate of drug-likeness (QED) is 0.783. The van der Waals surface area contributed by atoms with Gasteiger partial charge in [0.1, 0.15) is 5.82 Å². The molecule has 3 rings (SSSR count). The highest BCUT2D eigenvalue weighted by Crippen LogP contribution is 2.42. The van der Waals surface area contributed by atoms with Crippen molar-refractivity contribution in [2.24, 2.45) is 0 Å². The highest BCUT2D eigenvalue weighted by Gasteiger charge is 2.37. The number of rotatable bonds is 6. The zero-order valence-electron chi connectivity index (χ0n) is 14.4. The van der Waals surface area contributed by atoms with Crippen LogP contribution in [0.5, 0.6) is 0 Å². The number of amides is 1. The molecular weight excluding hydrogens is 375 g/mol. The number of thiophene rings is 1. The summed E-state index contributed by atoms with van der Waals surface area (Å²) >= 11 is 1.64. The molecule has 0 spiro atoms. The minimum absolute atomic E-state index is 0.0395. The van der Waals surface area contributed by atoms with Gasteiger partial charge in [-0.15, -0.1) is 11.3 Å². The van der Waals surface area contributed by atoms with Crippen molar-refractivity contribution in [2.75, 3.05) is 11.9 Å². The van der Waals surface area contributed by atoms with Gasteiger partial charge >= 0.3 is 0 Å². The first-order chi connectivity index (χ1) is 12.3. The highest BCUT2D eigenvalue weighted by atomic mass is 32.2. The molecule has 1 fully saturated rings. The van der Waals surface area contributed by atoms with Crippen molar-refractivity contribution < 1.29 is 17.6 Å². The van der Waals surface area contributed by atoms with Crippen molar-refractivity contribution in [1.82, 2.24) is 4.72 Å². The molecule has 1 heterocycles. The summed E-state index contributed by atoms with van der Waals surface area (Å²) in [6.45, 7) is 1.56. The fourth-order valence-electron chi connectivity index (χ4n) is 3.41. The van der Waals surface area contributed by atoms with Gasteiger partial charge in [0.2, 0.25) is 15.9 Å². The van der Waals surface area contributed by atoms with E-state index in [0.717, 1.165) is 31.7 Å². The third-order valence-electron chi connectivity index (χ3n) is 4.77. The maximum atomic E-state index is 14.1. The number of carbonyl (C=O) groups is 1. The second-order valence-corrected chi connectivity index (χ2v) is 9.33. The molecule has 0 saturated heterocycles. The molecule has 1 aromatic heterocycles. The number of hydrogen-bond donors (Lipinski definition) is 2. The summed E-state index contributed by atoms with van der Waals surface area (Å²) in [5.41, 5.74) is -0.224. The van der Waals surface area contributed by atoms with Gasteiger partial charge in [-0.25, -0.2) is 17.5 Å². The Labute approximate surface area is 156 Å². The van der Waals surface area contributed by atoms with Crippen LogP contribution in [0, 0.1) is 5.82 Å². The molecule has 1 saturated carbocycles. The molecular formula is C18H21FN2O3S2. The maximum absolute atomic E-state index is 14.1. The second kappa shape index (κ2) is 7.46. The smallest absolute Gasteiger partial charge is 0.240 e. The van der Waals surface area contributed by atoms with Crippen molar-refractivity contribution in [1.29, 1.82) is 0 Å². The molecule has 8 heteroatoms. The van der Waals surface area contributed by atoms with E-state index >= 15 is 0 Å². The first kappa shape index (κ1) is 19.0. The largest absolute Gasteiger partial charge is 0.324 e. The summed E-state index contributed by atoms with van der Waals surface area (Å²) in [4.78, 5) is 12.1. The Morgan fingerprint density at radius 3 is 2.58 bits per heavy atom. The predicted molar refractivity (Wildman–Crippen MR) is 100 cm³/mol. The van der Waals surface area contributed by atoms with Gasteiger partial charge in [-0.1, -0.05) is 18.9 Å². The molecule has 1 amide bonds. The summed E-state index contributed by atoms with van der Waals surface area (Å²) in [5.74, 6) is -1.20. The minimum atomic E-state index is -3.84. The Morgan fingerprint density at radius 2 is 2.00 bits per heavy atom. The zero-order chi connectivity index (χ0) is 18.8. The molecule has 1 aromatic carbocycles. The Kier molecular flexibility index (Phi) is 5.45. The number of sulfonamides is 1. The molecule has 140 valence electrons. The van der Waals surface area contributed by atoms with Crippen LogP contribution in [0.4, 0.5) is 10.1 Å². The lowest BCUT2D eigenvalue weighted by Crippen LogP contribution is -2.38. The lowest BCUT2D eigenvalue weighted by Gasteiger charge is -2.28. The van der Waals surface area contributed by atoms with Crippen LogP contribution in [0.2, 0.25) is 0 Å². The fourth-order valence-corrected chi connectivity index (χ4v) is 5.54. The van der Waals surface area contributed by atoms with Crippen molar-refractivity contribution in [3.05, 3.63) is 46.4 Å². The SMILES string of the molecule is CC(=O)Nc1ccc(S(=O)(=O)NCC2(c3cccs3)CCCC2)cc1F. The summed E-state index contributed by atoms with van der Waals surface area (Å²) in [7, 11) is -3.84. The van der Waals surface area contributed by atoms with E-state index in [0.29, 0.717) is 6.54 Å². The Hall–Kier alpha value is -1.77. The van der Waals surface area contributed by atoms with Gasteiger partial charge in [0.15, 0.2) is 0 Å². The molecule has 0 atom stereocenters. The van der Waals surface area contributed by atoms with Gasteiger partial charge < -0.3 is 5.32 Å². The molecule has 1 aliphatic rings. The monoisotopic (exact) mass is 396 g/mol. The highest BCUT2D eigenvalue weighted by molar-refractivity contribution is 7.89. The number of halogens is 1. The van der Waals surface area contributed by atoms with E-state index in [9.17, 15) is 17.6 Å². The number of benzene rings is 1. The topological polar surface area (TPSA) is 75.3 Å². The fraction of sp³-hybridized carbons (Fsp3) is 0.389. The Morgan fingerprint density at radius 1 is 1.27 bits per heavy atom. The van der Waals surface area contributed by atoms with Gasteiger partial charge in [0, 0.05) is 23.8 Å². The van der Waals surface area contributed by atoms with Crippen LogP contribution in [0.1, 0.15) is 37.5 Å². The number of nitrogens with one attached hydrogen (secondary N) is 2. The van der Waals surface area contributed by atoms with E-state index in [1.807, 2.05) is 17.5 Å². The molecule has 1 aliphatic carbocycles. The standard InChI is InChI=1S/C18H21FN2O3S2/c1-13(22)21-16-7-6-14(11-15(16)19)26(23,24)20-12-18(8-2-3-9-18)17-5-4-10-25-17/h4-7,10-11,20H,2-3,8-9,12H2,1H3,(H,21,22). The molecule has 26 heavy (non-hydrogen) atoms. The van der Waals surface area contributed by atoms with E-state index in [-0.39, 0.29) is 16.0 Å². The van der Waals surface area contributed by atoms with Gasteiger partial charge in [0.05, 0.1) is 10.6 Å². The van der Waals surface area contributed by atoms with Gasteiger partial charge in [-0.3, -0.25) is 4.79 Å².